The number of aromatic amines is 1. The van der Waals surface area contributed by atoms with E-state index in [4.69, 9.17) is 9.47 Å². The molecule has 4 nitrogen and oxygen atoms in total. The quantitative estimate of drug-likeness (QED) is 0.924. The van der Waals surface area contributed by atoms with Crippen LogP contribution in [-0.2, 0) is 4.74 Å². The first-order valence-corrected chi connectivity index (χ1v) is 7.87. The summed E-state index contributed by atoms with van der Waals surface area (Å²) in [6, 6.07) is 4.05. The Hall–Kier alpha value is -1.98. The third-order valence-corrected chi connectivity index (χ3v) is 4.79. The van der Waals surface area contributed by atoms with E-state index in [1.807, 2.05) is 18.3 Å². The van der Waals surface area contributed by atoms with Crippen molar-refractivity contribution in [2.24, 2.45) is 0 Å². The molecular formula is C16H16N2O2S. The topological polar surface area (TPSA) is 37.5 Å². The van der Waals surface area contributed by atoms with Gasteiger partial charge in [0.25, 0.3) is 0 Å². The molecule has 0 aliphatic carbocycles. The van der Waals surface area contributed by atoms with Crippen molar-refractivity contribution in [3.05, 3.63) is 47.1 Å². The van der Waals surface area contributed by atoms with Crippen LogP contribution in [0.25, 0.3) is 16.8 Å². The summed E-state index contributed by atoms with van der Waals surface area (Å²) in [7, 11) is 0. The molecule has 108 valence electrons. The van der Waals surface area contributed by atoms with Gasteiger partial charge in [-0.05, 0) is 17.7 Å². The average molecular weight is 300 g/mol. The molecule has 4 heterocycles. The normalized spacial score (nSPS) is 18.2. The van der Waals surface area contributed by atoms with E-state index in [-0.39, 0.29) is 0 Å². The summed E-state index contributed by atoms with van der Waals surface area (Å²) in [6.07, 6.45) is 3.96. The summed E-state index contributed by atoms with van der Waals surface area (Å²) in [5.41, 5.74) is 3.18. The number of hydrogen-bond donors (Lipinski definition) is 1. The van der Waals surface area contributed by atoms with Crippen molar-refractivity contribution in [3.8, 4) is 17.0 Å². The molecule has 0 unspecified atom stereocenters. The zero-order valence-electron chi connectivity index (χ0n) is 11.6. The van der Waals surface area contributed by atoms with E-state index in [2.05, 4.69) is 27.9 Å². The van der Waals surface area contributed by atoms with E-state index >= 15 is 0 Å². The molecular weight excluding hydrogens is 284 g/mol. The van der Waals surface area contributed by atoms with Gasteiger partial charge in [0, 0.05) is 36.4 Å². The molecule has 4 rings (SSSR count). The minimum absolute atomic E-state index is 0.743. The van der Waals surface area contributed by atoms with Gasteiger partial charge in [-0.2, -0.15) is 0 Å². The number of allylic oxidation sites excluding steroid dienone is 2. The molecule has 0 aromatic carbocycles. The number of nitrogens with one attached hydrogen (secondary N) is 1. The number of aromatic nitrogens is 1. The maximum Gasteiger partial charge on any atom is 0.196 e. The van der Waals surface area contributed by atoms with E-state index < -0.39 is 0 Å². The molecule has 2 aromatic heterocycles. The van der Waals surface area contributed by atoms with Gasteiger partial charge in [-0.15, -0.1) is 11.3 Å². The van der Waals surface area contributed by atoms with Crippen LogP contribution in [0, 0.1) is 0 Å². The molecule has 0 atom stereocenters. The molecule has 1 N–H and O–H groups in total. The van der Waals surface area contributed by atoms with Crippen LogP contribution in [0.5, 0.6) is 5.75 Å². The fourth-order valence-electron chi connectivity index (χ4n) is 2.64. The van der Waals surface area contributed by atoms with Crippen LogP contribution in [0.15, 0.2) is 42.2 Å². The van der Waals surface area contributed by atoms with E-state index in [1.54, 1.807) is 11.3 Å². The maximum atomic E-state index is 6.20. The van der Waals surface area contributed by atoms with E-state index in [0.717, 1.165) is 59.6 Å². The maximum absolute atomic E-state index is 6.20. The Morgan fingerprint density at radius 1 is 1.29 bits per heavy atom. The van der Waals surface area contributed by atoms with Crippen molar-refractivity contribution in [2.45, 2.75) is 0 Å². The number of thiophene rings is 1. The molecule has 0 amide bonds. The summed E-state index contributed by atoms with van der Waals surface area (Å²) in [5.74, 6) is 1.79. The summed E-state index contributed by atoms with van der Waals surface area (Å²) >= 11 is 1.67. The number of H-pyrrole nitrogens is 1. The van der Waals surface area contributed by atoms with Gasteiger partial charge in [0.15, 0.2) is 11.6 Å². The Morgan fingerprint density at radius 2 is 2.14 bits per heavy atom. The third-order valence-electron chi connectivity index (χ3n) is 3.75. The molecule has 2 aromatic rings. The van der Waals surface area contributed by atoms with Crippen molar-refractivity contribution in [3.63, 3.8) is 0 Å². The highest BCUT2D eigenvalue weighted by molar-refractivity contribution is 7.12. The van der Waals surface area contributed by atoms with Crippen LogP contribution in [0.4, 0.5) is 0 Å². The zero-order valence-corrected chi connectivity index (χ0v) is 12.4. The lowest BCUT2D eigenvalue weighted by Crippen LogP contribution is -2.37. The molecule has 21 heavy (non-hydrogen) atoms. The highest BCUT2D eigenvalue weighted by atomic mass is 32.1. The second-order valence-electron chi connectivity index (χ2n) is 5.10. The van der Waals surface area contributed by atoms with Crippen molar-refractivity contribution in [1.29, 1.82) is 0 Å². The Balaban J connectivity index is 1.69. The van der Waals surface area contributed by atoms with E-state index in [0.29, 0.717) is 0 Å². The Bertz CT molecular complexity index is 694. The number of ether oxygens (including phenoxy) is 2. The van der Waals surface area contributed by atoms with Gasteiger partial charge in [-0.1, -0.05) is 6.58 Å². The average Bonchev–Trinajstić information content (AvgIpc) is 3.16. The van der Waals surface area contributed by atoms with Crippen molar-refractivity contribution >= 4 is 16.9 Å². The third kappa shape index (κ3) is 2.18. The smallest absolute Gasteiger partial charge is 0.196 e. The molecule has 2 aliphatic heterocycles. The van der Waals surface area contributed by atoms with Crippen LogP contribution in [0.1, 0.15) is 4.88 Å². The minimum Gasteiger partial charge on any atom is -0.439 e. The first-order valence-electron chi connectivity index (χ1n) is 7.00. The largest absolute Gasteiger partial charge is 0.439 e. The monoisotopic (exact) mass is 300 g/mol. The van der Waals surface area contributed by atoms with Gasteiger partial charge >= 0.3 is 0 Å². The standard InChI is InChI=1S/C16H16N2O2S/c1-11-9-14(18-5-7-19-8-6-18)20-15-12(10-21-16(11)15)13-3-2-4-17-13/h2-4,9-10,17H,1,5-8H2. The molecule has 1 saturated heterocycles. The van der Waals surface area contributed by atoms with Gasteiger partial charge in [0.05, 0.1) is 23.7 Å². The van der Waals surface area contributed by atoms with Gasteiger partial charge < -0.3 is 19.4 Å². The molecule has 5 heteroatoms. The van der Waals surface area contributed by atoms with Crippen LogP contribution >= 0.6 is 11.3 Å². The predicted octanol–water partition coefficient (Wildman–Crippen LogP) is 3.32. The molecule has 2 aliphatic rings. The highest BCUT2D eigenvalue weighted by Crippen LogP contribution is 2.45. The van der Waals surface area contributed by atoms with Crippen LogP contribution in [0.3, 0.4) is 0 Å². The SMILES string of the molecule is C=C1C=C(N2CCOCC2)Oc2c(-c3ccc[nH]3)csc21. The second kappa shape index (κ2) is 5.09. The van der Waals surface area contributed by atoms with Gasteiger partial charge in [-0.25, -0.2) is 0 Å². The lowest BCUT2D eigenvalue weighted by Gasteiger charge is -2.32. The van der Waals surface area contributed by atoms with Crippen LogP contribution < -0.4 is 4.74 Å². The summed E-state index contributed by atoms with van der Waals surface area (Å²) in [6.45, 7) is 7.38. The molecule has 0 spiro atoms. The molecule has 1 fully saturated rings. The second-order valence-corrected chi connectivity index (χ2v) is 5.98. The van der Waals surface area contributed by atoms with Crippen molar-refractivity contribution in [2.75, 3.05) is 26.3 Å². The van der Waals surface area contributed by atoms with Gasteiger partial charge in [0.1, 0.15) is 0 Å². The summed E-state index contributed by atoms with van der Waals surface area (Å²) < 4.78 is 11.6. The van der Waals surface area contributed by atoms with E-state index in [9.17, 15) is 0 Å². The zero-order chi connectivity index (χ0) is 14.2. The highest BCUT2D eigenvalue weighted by Gasteiger charge is 2.26. The Kier molecular flexibility index (Phi) is 3.09. The lowest BCUT2D eigenvalue weighted by molar-refractivity contribution is 0.0348. The first kappa shape index (κ1) is 12.7. The lowest BCUT2D eigenvalue weighted by atomic mass is 10.1. The predicted molar refractivity (Wildman–Crippen MR) is 84.2 cm³/mol. The Morgan fingerprint density at radius 3 is 2.90 bits per heavy atom. The molecule has 0 saturated carbocycles. The van der Waals surface area contributed by atoms with E-state index in [1.165, 1.54) is 0 Å². The minimum atomic E-state index is 0.743. The molecule has 0 bridgehead atoms. The van der Waals surface area contributed by atoms with Gasteiger partial charge in [0.2, 0.25) is 0 Å². The molecule has 0 radical (unpaired) electrons. The number of rotatable bonds is 2. The van der Waals surface area contributed by atoms with Crippen molar-refractivity contribution < 1.29 is 9.47 Å². The fraction of sp³-hybridized carbons (Fsp3) is 0.250. The number of hydrogen-bond acceptors (Lipinski definition) is 4. The fourth-order valence-corrected chi connectivity index (χ4v) is 3.58. The Labute approximate surface area is 127 Å². The number of morpholine rings is 1. The number of fused-ring (bicyclic) bond motifs is 1. The summed E-state index contributed by atoms with van der Waals surface area (Å²) in [5, 5.41) is 2.12. The van der Waals surface area contributed by atoms with Crippen LogP contribution in [-0.4, -0.2) is 36.2 Å². The first-order chi connectivity index (χ1) is 10.3. The van der Waals surface area contributed by atoms with Gasteiger partial charge in [-0.3, -0.25) is 0 Å². The van der Waals surface area contributed by atoms with Crippen molar-refractivity contribution in [1.82, 2.24) is 9.88 Å². The summed E-state index contributed by atoms with van der Waals surface area (Å²) in [4.78, 5) is 6.57. The number of nitrogens with zero attached hydrogens (tertiary/aromatic N) is 1. The van der Waals surface area contributed by atoms with Crippen LogP contribution in [0.2, 0.25) is 0 Å².